The van der Waals surface area contributed by atoms with Gasteiger partial charge < -0.3 is 14.5 Å². The second kappa shape index (κ2) is 7.05. The number of carbonyl (C=O) groups is 1. The average molecular weight is 291 g/mol. The van der Waals surface area contributed by atoms with Gasteiger partial charge in [0.2, 0.25) is 5.76 Å². The van der Waals surface area contributed by atoms with E-state index in [0.29, 0.717) is 6.54 Å². The first-order chi connectivity index (χ1) is 9.76. The van der Waals surface area contributed by atoms with Crippen molar-refractivity contribution in [1.82, 2.24) is 0 Å². The van der Waals surface area contributed by atoms with Gasteiger partial charge >= 0.3 is 5.97 Å². The molecule has 0 bridgehead atoms. The van der Waals surface area contributed by atoms with Gasteiger partial charge in [0.05, 0.1) is 13.4 Å². The predicted octanol–water partition coefficient (Wildman–Crippen LogP) is 3.79. The maximum Gasteiger partial charge on any atom is 0.374 e. The molecule has 0 saturated carbocycles. The molecule has 0 unspecified atom stereocenters. The molecule has 0 spiro atoms. The molecule has 1 N–H and O–H groups in total. The monoisotopic (exact) mass is 291 g/mol. The summed E-state index contributed by atoms with van der Waals surface area (Å²) in [4.78, 5) is 12.7. The summed E-state index contributed by atoms with van der Waals surface area (Å²) in [6, 6.07) is 9.87. The molecule has 2 rings (SSSR count). The standard InChI is InChI=1S/C15H17NO3S/c1-3-20-13-7-5-4-6-12(13)16-10-11-8-9-19-14(11)15(17)18-2/h4-9,16H,3,10H2,1-2H3. The number of methoxy groups -OCH3 is 1. The summed E-state index contributed by atoms with van der Waals surface area (Å²) in [6.07, 6.45) is 1.50. The Labute approximate surface area is 122 Å². The van der Waals surface area contributed by atoms with Crippen LogP contribution in [0.2, 0.25) is 0 Å². The minimum atomic E-state index is -0.456. The zero-order valence-corrected chi connectivity index (χ0v) is 12.3. The van der Waals surface area contributed by atoms with E-state index >= 15 is 0 Å². The number of furan rings is 1. The van der Waals surface area contributed by atoms with Gasteiger partial charge in [-0.3, -0.25) is 0 Å². The van der Waals surface area contributed by atoms with Crippen LogP contribution in [0.4, 0.5) is 5.69 Å². The third kappa shape index (κ3) is 3.36. The van der Waals surface area contributed by atoms with E-state index in [4.69, 9.17) is 4.42 Å². The van der Waals surface area contributed by atoms with Crippen molar-refractivity contribution >= 4 is 23.4 Å². The van der Waals surface area contributed by atoms with Crippen molar-refractivity contribution in [2.45, 2.75) is 18.4 Å². The number of anilines is 1. The van der Waals surface area contributed by atoms with E-state index in [9.17, 15) is 4.79 Å². The number of para-hydroxylation sites is 1. The highest BCUT2D eigenvalue weighted by molar-refractivity contribution is 7.99. The number of ether oxygens (including phenoxy) is 1. The molecule has 0 amide bonds. The third-order valence-corrected chi connectivity index (χ3v) is 3.73. The number of carbonyl (C=O) groups excluding carboxylic acids is 1. The van der Waals surface area contributed by atoms with Crippen LogP contribution in [0.15, 0.2) is 45.9 Å². The molecule has 0 atom stereocenters. The van der Waals surface area contributed by atoms with Crippen LogP contribution in [-0.2, 0) is 11.3 Å². The smallest absolute Gasteiger partial charge is 0.374 e. The van der Waals surface area contributed by atoms with Crippen molar-refractivity contribution in [3.05, 3.63) is 47.9 Å². The number of hydrogen-bond acceptors (Lipinski definition) is 5. The normalized spacial score (nSPS) is 10.3. The van der Waals surface area contributed by atoms with Crippen LogP contribution in [0, 0.1) is 0 Å². The van der Waals surface area contributed by atoms with Gasteiger partial charge in [-0.25, -0.2) is 4.79 Å². The van der Waals surface area contributed by atoms with Gasteiger partial charge in [0.15, 0.2) is 0 Å². The summed E-state index contributed by atoms with van der Waals surface area (Å²) in [6.45, 7) is 2.63. The maximum absolute atomic E-state index is 11.5. The van der Waals surface area contributed by atoms with Gasteiger partial charge in [-0.2, -0.15) is 0 Å². The third-order valence-electron chi connectivity index (χ3n) is 2.77. The quantitative estimate of drug-likeness (QED) is 0.648. The molecule has 20 heavy (non-hydrogen) atoms. The molecule has 0 radical (unpaired) electrons. The molecular formula is C15H17NO3S. The highest BCUT2D eigenvalue weighted by Gasteiger charge is 2.15. The predicted molar refractivity (Wildman–Crippen MR) is 80.2 cm³/mol. The Morgan fingerprint density at radius 1 is 1.35 bits per heavy atom. The van der Waals surface area contributed by atoms with Crippen molar-refractivity contribution < 1.29 is 13.9 Å². The lowest BCUT2D eigenvalue weighted by atomic mass is 10.2. The summed E-state index contributed by atoms with van der Waals surface area (Å²) in [5.74, 6) is 0.807. The highest BCUT2D eigenvalue weighted by atomic mass is 32.2. The van der Waals surface area contributed by atoms with Crippen molar-refractivity contribution in [3.63, 3.8) is 0 Å². The lowest BCUT2D eigenvalue weighted by Crippen LogP contribution is -2.07. The first-order valence-corrected chi connectivity index (χ1v) is 7.35. The lowest BCUT2D eigenvalue weighted by molar-refractivity contribution is 0.0563. The van der Waals surface area contributed by atoms with Crippen LogP contribution in [0.1, 0.15) is 23.0 Å². The van der Waals surface area contributed by atoms with Crippen molar-refractivity contribution in [2.24, 2.45) is 0 Å². The fourth-order valence-corrected chi connectivity index (χ4v) is 2.61. The minimum Gasteiger partial charge on any atom is -0.463 e. The first kappa shape index (κ1) is 14.5. The van der Waals surface area contributed by atoms with E-state index < -0.39 is 5.97 Å². The molecule has 4 nitrogen and oxygen atoms in total. The zero-order chi connectivity index (χ0) is 14.4. The molecule has 5 heteroatoms. The number of thioether (sulfide) groups is 1. The number of esters is 1. The topological polar surface area (TPSA) is 51.5 Å². The summed E-state index contributed by atoms with van der Waals surface area (Å²) >= 11 is 1.78. The van der Waals surface area contributed by atoms with Crippen LogP contribution in [0.25, 0.3) is 0 Å². The number of rotatable bonds is 6. The maximum atomic E-state index is 11.5. The molecule has 0 saturated heterocycles. The highest BCUT2D eigenvalue weighted by Crippen LogP contribution is 2.27. The second-order valence-corrected chi connectivity index (χ2v) is 5.36. The second-order valence-electron chi connectivity index (χ2n) is 4.05. The van der Waals surface area contributed by atoms with Gasteiger partial charge in [0.1, 0.15) is 0 Å². The average Bonchev–Trinajstić information content (AvgIpc) is 2.94. The van der Waals surface area contributed by atoms with Gasteiger partial charge in [0, 0.05) is 22.7 Å². The van der Waals surface area contributed by atoms with Crippen LogP contribution in [-0.4, -0.2) is 18.8 Å². The first-order valence-electron chi connectivity index (χ1n) is 6.36. The van der Waals surface area contributed by atoms with Crippen LogP contribution < -0.4 is 5.32 Å². The lowest BCUT2D eigenvalue weighted by Gasteiger charge is -2.10. The molecule has 2 aromatic rings. The fraction of sp³-hybridized carbons (Fsp3) is 0.267. The Bertz CT molecular complexity index is 580. The molecule has 0 aliphatic heterocycles. The van der Waals surface area contributed by atoms with Crippen LogP contribution in [0.5, 0.6) is 0 Å². The molecule has 0 fully saturated rings. The van der Waals surface area contributed by atoms with Gasteiger partial charge in [0.25, 0.3) is 0 Å². The fourth-order valence-electron chi connectivity index (χ4n) is 1.83. The number of hydrogen-bond donors (Lipinski definition) is 1. The number of benzene rings is 1. The molecule has 0 aliphatic carbocycles. The summed E-state index contributed by atoms with van der Waals surface area (Å²) in [5, 5.41) is 3.33. The minimum absolute atomic E-state index is 0.251. The SMILES string of the molecule is CCSc1ccccc1NCc1ccoc1C(=O)OC. The summed E-state index contributed by atoms with van der Waals surface area (Å²) < 4.78 is 9.85. The molecule has 1 aromatic heterocycles. The Kier molecular flexibility index (Phi) is 5.12. The zero-order valence-electron chi connectivity index (χ0n) is 11.5. The van der Waals surface area contributed by atoms with Crippen molar-refractivity contribution in [1.29, 1.82) is 0 Å². The Balaban J connectivity index is 2.09. The van der Waals surface area contributed by atoms with E-state index in [1.54, 1.807) is 17.8 Å². The van der Waals surface area contributed by atoms with Gasteiger partial charge in [-0.1, -0.05) is 19.1 Å². The molecule has 106 valence electrons. The van der Waals surface area contributed by atoms with Crippen molar-refractivity contribution in [3.8, 4) is 0 Å². The van der Waals surface area contributed by atoms with Crippen molar-refractivity contribution in [2.75, 3.05) is 18.2 Å². The summed E-state index contributed by atoms with van der Waals surface area (Å²) in [7, 11) is 1.34. The van der Waals surface area contributed by atoms with E-state index in [-0.39, 0.29) is 5.76 Å². The molecule has 0 aliphatic rings. The number of nitrogens with one attached hydrogen (secondary N) is 1. The Morgan fingerprint density at radius 3 is 2.90 bits per heavy atom. The summed E-state index contributed by atoms with van der Waals surface area (Å²) in [5.41, 5.74) is 1.84. The molecule has 1 heterocycles. The van der Waals surface area contributed by atoms with E-state index in [1.807, 2.05) is 18.2 Å². The van der Waals surface area contributed by atoms with E-state index in [0.717, 1.165) is 17.0 Å². The van der Waals surface area contributed by atoms with Crippen LogP contribution >= 0.6 is 11.8 Å². The van der Waals surface area contributed by atoms with Crippen LogP contribution in [0.3, 0.4) is 0 Å². The molecular weight excluding hydrogens is 274 g/mol. The van der Waals surface area contributed by atoms with E-state index in [2.05, 4.69) is 23.0 Å². The Hall–Kier alpha value is -1.88. The largest absolute Gasteiger partial charge is 0.463 e. The van der Waals surface area contributed by atoms with Gasteiger partial charge in [-0.05, 0) is 24.0 Å². The van der Waals surface area contributed by atoms with E-state index in [1.165, 1.54) is 18.3 Å². The Morgan fingerprint density at radius 2 is 2.15 bits per heavy atom. The van der Waals surface area contributed by atoms with Gasteiger partial charge in [-0.15, -0.1) is 11.8 Å². The molecule has 1 aromatic carbocycles.